The maximum absolute atomic E-state index is 12.6. The molecule has 0 unspecified atom stereocenters. The van der Waals surface area contributed by atoms with Crippen molar-refractivity contribution in [3.63, 3.8) is 0 Å². The monoisotopic (exact) mass is 373 g/mol. The number of oxazole rings is 1. The summed E-state index contributed by atoms with van der Waals surface area (Å²) in [4.78, 5) is 21.6. The molecule has 2 aliphatic heterocycles. The highest BCUT2D eigenvalue weighted by Crippen LogP contribution is 2.26. The van der Waals surface area contributed by atoms with E-state index in [9.17, 15) is 4.79 Å². The average molecular weight is 373 g/mol. The Morgan fingerprint density at radius 3 is 2.52 bits per heavy atom. The largest absolute Gasteiger partial charge is 0.456 e. The highest BCUT2D eigenvalue weighted by Gasteiger charge is 2.30. The fraction of sp³-hybridized carbons (Fsp3) is 0.600. The van der Waals surface area contributed by atoms with E-state index in [2.05, 4.69) is 9.88 Å². The number of hydrogen-bond acceptors (Lipinski definition) is 6. The van der Waals surface area contributed by atoms with E-state index >= 15 is 0 Å². The first-order chi connectivity index (χ1) is 13.1. The number of likely N-dealkylation sites (tertiary alicyclic amines) is 1. The van der Waals surface area contributed by atoms with Gasteiger partial charge >= 0.3 is 0 Å². The molecule has 7 heteroatoms. The van der Waals surface area contributed by atoms with Crippen LogP contribution in [0, 0.1) is 19.8 Å². The summed E-state index contributed by atoms with van der Waals surface area (Å²) < 4.78 is 16.7. The number of carbonyl (C=O) groups excluding carboxylic acids is 1. The van der Waals surface area contributed by atoms with Crippen LogP contribution in [0.3, 0.4) is 0 Å². The number of aromatic nitrogens is 1. The lowest BCUT2D eigenvalue weighted by Crippen LogP contribution is -2.46. The molecule has 7 nitrogen and oxygen atoms in total. The Hall–Kier alpha value is -2.12. The lowest BCUT2D eigenvalue weighted by molar-refractivity contribution is -0.141. The van der Waals surface area contributed by atoms with Gasteiger partial charge in [-0.25, -0.2) is 4.98 Å². The molecule has 2 aromatic rings. The Morgan fingerprint density at radius 2 is 1.85 bits per heavy atom. The van der Waals surface area contributed by atoms with Crippen LogP contribution in [0.15, 0.2) is 21.0 Å². The highest BCUT2D eigenvalue weighted by atomic mass is 16.5. The summed E-state index contributed by atoms with van der Waals surface area (Å²) in [6.45, 7) is 9.18. The van der Waals surface area contributed by atoms with Gasteiger partial charge in [-0.1, -0.05) is 0 Å². The minimum absolute atomic E-state index is 0.138. The van der Waals surface area contributed by atoms with E-state index in [-0.39, 0.29) is 5.92 Å². The van der Waals surface area contributed by atoms with Crippen molar-refractivity contribution in [2.24, 2.45) is 5.92 Å². The molecule has 0 spiro atoms. The van der Waals surface area contributed by atoms with Crippen LogP contribution in [-0.4, -0.2) is 60.1 Å². The van der Waals surface area contributed by atoms with Crippen molar-refractivity contribution < 1.29 is 18.4 Å². The van der Waals surface area contributed by atoms with E-state index < -0.39 is 0 Å². The zero-order valence-electron chi connectivity index (χ0n) is 16.1. The number of piperidine rings is 1. The van der Waals surface area contributed by atoms with Crippen LogP contribution in [0.4, 0.5) is 0 Å². The van der Waals surface area contributed by atoms with E-state index in [1.165, 1.54) is 0 Å². The van der Waals surface area contributed by atoms with Crippen LogP contribution in [-0.2, 0) is 16.1 Å². The summed E-state index contributed by atoms with van der Waals surface area (Å²) in [5, 5.41) is 0. The first kappa shape index (κ1) is 18.3. The molecule has 2 saturated heterocycles. The van der Waals surface area contributed by atoms with E-state index in [1.807, 2.05) is 30.9 Å². The van der Waals surface area contributed by atoms with Gasteiger partial charge in [-0.3, -0.25) is 9.69 Å². The number of carbonyl (C=O) groups is 1. The van der Waals surface area contributed by atoms with Crippen molar-refractivity contribution >= 4 is 5.91 Å². The van der Waals surface area contributed by atoms with Crippen molar-refractivity contribution in [1.29, 1.82) is 0 Å². The molecule has 4 rings (SSSR count). The molecule has 4 heterocycles. The Balaban J connectivity index is 1.33. The topological polar surface area (TPSA) is 72.0 Å². The SMILES string of the molecule is Cc1ccc(-c2nc(CN3CCC(C(=O)N4CCOCC4)CC3)c(C)o2)o1. The summed E-state index contributed by atoms with van der Waals surface area (Å²) in [7, 11) is 0. The summed E-state index contributed by atoms with van der Waals surface area (Å²) in [6, 6.07) is 3.79. The molecular weight excluding hydrogens is 346 g/mol. The first-order valence-corrected chi connectivity index (χ1v) is 9.72. The summed E-state index contributed by atoms with van der Waals surface area (Å²) in [5.74, 6) is 3.30. The third-order valence-corrected chi connectivity index (χ3v) is 5.48. The number of nitrogens with zero attached hydrogens (tertiary/aromatic N) is 3. The predicted octanol–water partition coefficient (Wildman–Crippen LogP) is 2.62. The van der Waals surface area contributed by atoms with Crippen LogP contribution in [0.25, 0.3) is 11.7 Å². The first-order valence-electron chi connectivity index (χ1n) is 9.72. The summed E-state index contributed by atoms with van der Waals surface area (Å²) >= 11 is 0. The number of aryl methyl sites for hydroxylation is 2. The quantitative estimate of drug-likeness (QED) is 0.820. The van der Waals surface area contributed by atoms with E-state index in [0.717, 1.165) is 62.8 Å². The van der Waals surface area contributed by atoms with Gasteiger partial charge in [0.1, 0.15) is 11.5 Å². The van der Waals surface area contributed by atoms with Crippen molar-refractivity contribution in [1.82, 2.24) is 14.8 Å². The molecule has 2 fully saturated rings. The number of morpholine rings is 1. The average Bonchev–Trinajstić information content (AvgIpc) is 3.28. The Bertz CT molecular complexity index is 783. The van der Waals surface area contributed by atoms with Gasteiger partial charge in [0, 0.05) is 25.6 Å². The van der Waals surface area contributed by atoms with Gasteiger partial charge in [-0.05, 0) is 51.9 Å². The number of furan rings is 1. The van der Waals surface area contributed by atoms with Crippen LogP contribution in [0.5, 0.6) is 0 Å². The molecule has 0 aromatic carbocycles. The molecule has 0 N–H and O–H groups in total. The van der Waals surface area contributed by atoms with Crippen molar-refractivity contribution in [3.05, 3.63) is 29.3 Å². The van der Waals surface area contributed by atoms with Crippen molar-refractivity contribution in [2.75, 3.05) is 39.4 Å². The molecule has 2 aliphatic rings. The molecule has 0 radical (unpaired) electrons. The molecule has 0 aliphatic carbocycles. The van der Waals surface area contributed by atoms with Gasteiger partial charge in [0.25, 0.3) is 5.89 Å². The van der Waals surface area contributed by atoms with Gasteiger partial charge in [0.15, 0.2) is 5.76 Å². The maximum Gasteiger partial charge on any atom is 0.263 e. The smallest absolute Gasteiger partial charge is 0.263 e. The standard InChI is InChI=1S/C20H27N3O4/c1-14-3-4-18(26-14)19-21-17(15(2)27-19)13-22-7-5-16(6-8-22)20(24)23-9-11-25-12-10-23/h3-4,16H,5-13H2,1-2H3. The van der Waals surface area contributed by atoms with E-state index in [0.29, 0.717) is 30.8 Å². The minimum Gasteiger partial charge on any atom is -0.456 e. The molecule has 146 valence electrons. The van der Waals surface area contributed by atoms with Gasteiger partial charge < -0.3 is 18.5 Å². The molecule has 27 heavy (non-hydrogen) atoms. The number of rotatable bonds is 4. The molecule has 0 saturated carbocycles. The Morgan fingerprint density at radius 1 is 1.11 bits per heavy atom. The number of ether oxygens (including phenoxy) is 1. The van der Waals surface area contributed by atoms with Gasteiger partial charge in [0.05, 0.1) is 18.9 Å². The van der Waals surface area contributed by atoms with Gasteiger partial charge in [-0.2, -0.15) is 0 Å². The fourth-order valence-corrected chi connectivity index (χ4v) is 3.82. The Kier molecular flexibility index (Phi) is 5.31. The Labute approximate surface area is 159 Å². The zero-order valence-corrected chi connectivity index (χ0v) is 16.1. The summed E-state index contributed by atoms with van der Waals surface area (Å²) in [5.41, 5.74) is 0.942. The zero-order chi connectivity index (χ0) is 18.8. The second-order valence-electron chi connectivity index (χ2n) is 7.42. The number of hydrogen-bond donors (Lipinski definition) is 0. The highest BCUT2D eigenvalue weighted by molar-refractivity contribution is 5.79. The second-order valence-corrected chi connectivity index (χ2v) is 7.42. The van der Waals surface area contributed by atoms with Gasteiger partial charge in [-0.15, -0.1) is 0 Å². The van der Waals surface area contributed by atoms with Crippen LogP contribution >= 0.6 is 0 Å². The lowest BCUT2D eigenvalue weighted by Gasteiger charge is -2.35. The second kappa shape index (κ2) is 7.86. The minimum atomic E-state index is 0.138. The molecule has 2 aromatic heterocycles. The van der Waals surface area contributed by atoms with Gasteiger partial charge in [0.2, 0.25) is 5.91 Å². The predicted molar refractivity (Wildman–Crippen MR) is 99.1 cm³/mol. The maximum atomic E-state index is 12.6. The molecular formula is C20H27N3O4. The fourth-order valence-electron chi connectivity index (χ4n) is 3.82. The molecule has 1 amide bonds. The van der Waals surface area contributed by atoms with E-state index in [4.69, 9.17) is 13.6 Å². The molecule has 0 atom stereocenters. The summed E-state index contributed by atoms with van der Waals surface area (Å²) in [6.07, 6.45) is 1.80. The number of amides is 1. The van der Waals surface area contributed by atoms with Crippen LogP contribution in [0.2, 0.25) is 0 Å². The third kappa shape index (κ3) is 4.09. The van der Waals surface area contributed by atoms with E-state index in [1.54, 1.807) is 0 Å². The van der Waals surface area contributed by atoms with Crippen molar-refractivity contribution in [3.8, 4) is 11.7 Å². The normalized spacial score (nSPS) is 19.6. The van der Waals surface area contributed by atoms with Crippen molar-refractivity contribution in [2.45, 2.75) is 33.2 Å². The molecule has 0 bridgehead atoms. The van der Waals surface area contributed by atoms with Crippen LogP contribution < -0.4 is 0 Å². The van der Waals surface area contributed by atoms with Crippen LogP contribution in [0.1, 0.15) is 30.1 Å². The third-order valence-electron chi connectivity index (χ3n) is 5.48. The lowest BCUT2D eigenvalue weighted by atomic mass is 9.95.